The molecule has 0 saturated heterocycles. The fraction of sp³-hybridized carbons (Fsp3) is 0.222. The number of phenols is 1. The summed E-state index contributed by atoms with van der Waals surface area (Å²) in [6, 6.07) is 4.78. The summed E-state index contributed by atoms with van der Waals surface area (Å²) >= 11 is 0. The fourth-order valence-electron chi connectivity index (χ4n) is 1.08. The van der Waals surface area contributed by atoms with E-state index in [1.54, 1.807) is 0 Å². The number of carboxylic acid groups (broad SMARTS) is 1. The first kappa shape index (κ1) is 12.4. The zero-order valence-electron chi connectivity index (χ0n) is 8.00. The normalized spacial score (nSPS) is 13.3. The lowest BCUT2D eigenvalue weighted by atomic mass is 10.3. The highest BCUT2D eigenvalue weighted by Crippen LogP contribution is 2.27. The molecule has 0 aliphatic rings. The Morgan fingerprint density at radius 3 is 2.44 bits per heavy atom. The zero-order chi connectivity index (χ0) is 12.3. The van der Waals surface area contributed by atoms with Crippen LogP contribution in [-0.2, 0) is 14.6 Å². The largest absolute Gasteiger partial charge is 0.507 e. The minimum Gasteiger partial charge on any atom is -0.507 e. The standard InChI is InChI=1S/C9H9FO5S/c10-8(5-9(12)13)16(14,15)7-4-2-1-3-6(7)11/h1-4,8,11H,5H2,(H,12,13). The van der Waals surface area contributed by atoms with Crippen LogP contribution >= 0.6 is 0 Å². The minimum absolute atomic E-state index is 0.601. The van der Waals surface area contributed by atoms with Gasteiger partial charge in [-0.05, 0) is 12.1 Å². The van der Waals surface area contributed by atoms with Gasteiger partial charge in [-0.1, -0.05) is 12.1 Å². The maximum absolute atomic E-state index is 13.2. The molecule has 2 N–H and O–H groups in total. The molecule has 1 aromatic carbocycles. The molecule has 1 aromatic rings. The second-order valence-electron chi connectivity index (χ2n) is 3.02. The van der Waals surface area contributed by atoms with Gasteiger partial charge in [0.1, 0.15) is 10.6 Å². The van der Waals surface area contributed by atoms with Crippen molar-refractivity contribution in [3.05, 3.63) is 24.3 Å². The van der Waals surface area contributed by atoms with Crippen molar-refractivity contribution >= 4 is 15.8 Å². The van der Waals surface area contributed by atoms with Gasteiger partial charge < -0.3 is 10.2 Å². The van der Waals surface area contributed by atoms with Crippen LogP contribution in [0.25, 0.3) is 0 Å². The molecule has 0 bridgehead atoms. The Labute approximate surface area is 91.1 Å². The summed E-state index contributed by atoms with van der Waals surface area (Å²) < 4.78 is 36.2. The number of alkyl halides is 1. The average Bonchev–Trinajstić information content (AvgIpc) is 2.16. The molecule has 16 heavy (non-hydrogen) atoms. The molecule has 7 heteroatoms. The molecule has 1 unspecified atom stereocenters. The van der Waals surface area contributed by atoms with E-state index < -0.39 is 38.4 Å². The molecule has 1 atom stereocenters. The number of phenolic OH excluding ortho intramolecular Hbond substituents is 1. The quantitative estimate of drug-likeness (QED) is 0.827. The van der Waals surface area contributed by atoms with Crippen molar-refractivity contribution < 1.29 is 27.8 Å². The van der Waals surface area contributed by atoms with Crippen molar-refractivity contribution in [3.8, 4) is 5.75 Å². The Hall–Kier alpha value is -1.63. The molecule has 0 aromatic heterocycles. The molecule has 0 aliphatic carbocycles. The van der Waals surface area contributed by atoms with Crippen LogP contribution in [0.4, 0.5) is 4.39 Å². The Morgan fingerprint density at radius 2 is 1.94 bits per heavy atom. The Morgan fingerprint density at radius 1 is 1.38 bits per heavy atom. The number of halogens is 1. The van der Waals surface area contributed by atoms with Gasteiger partial charge in [0.15, 0.2) is 0 Å². The van der Waals surface area contributed by atoms with E-state index in [0.29, 0.717) is 0 Å². The summed E-state index contributed by atoms with van der Waals surface area (Å²) in [6.45, 7) is 0. The number of carboxylic acids is 1. The summed E-state index contributed by atoms with van der Waals surface area (Å²) in [5.74, 6) is -2.16. The minimum atomic E-state index is -4.46. The number of aromatic hydroxyl groups is 1. The molecule has 88 valence electrons. The van der Waals surface area contributed by atoms with E-state index in [0.717, 1.165) is 12.1 Å². The van der Waals surface area contributed by atoms with Crippen LogP contribution < -0.4 is 0 Å². The van der Waals surface area contributed by atoms with Crippen molar-refractivity contribution in [2.75, 3.05) is 0 Å². The van der Waals surface area contributed by atoms with E-state index in [1.807, 2.05) is 0 Å². The topological polar surface area (TPSA) is 91.7 Å². The number of rotatable bonds is 4. The fourth-order valence-corrected chi connectivity index (χ4v) is 2.35. The van der Waals surface area contributed by atoms with Crippen LogP contribution in [0, 0.1) is 0 Å². The van der Waals surface area contributed by atoms with E-state index in [-0.39, 0.29) is 0 Å². The highest BCUT2D eigenvalue weighted by atomic mass is 32.2. The van der Waals surface area contributed by atoms with Gasteiger partial charge in [0.2, 0.25) is 15.3 Å². The van der Waals surface area contributed by atoms with E-state index in [2.05, 4.69) is 0 Å². The third-order valence-electron chi connectivity index (χ3n) is 1.84. The van der Waals surface area contributed by atoms with Crippen molar-refractivity contribution in [3.63, 3.8) is 0 Å². The predicted octanol–water partition coefficient (Wildman–Crippen LogP) is 0.936. The maximum Gasteiger partial charge on any atom is 0.307 e. The number of hydrogen-bond acceptors (Lipinski definition) is 4. The third kappa shape index (κ3) is 2.48. The smallest absolute Gasteiger partial charge is 0.307 e. The molecule has 5 nitrogen and oxygen atoms in total. The van der Waals surface area contributed by atoms with Crippen LogP contribution in [0.5, 0.6) is 5.75 Å². The van der Waals surface area contributed by atoms with E-state index >= 15 is 0 Å². The number of carbonyl (C=O) groups is 1. The van der Waals surface area contributed by atoms with Crippen LogP contribution in [-0.4, -0.2) is 30.1 Å². The Balaban J connectivity index is 3.12. The number of hydrogen-bond donors (Lipinski definition) is 2. The monoisotopic (exact) mass is 248 g/mol. The summed E-state index contributed by atoms with van der Waals surface area (Å²) in [5.41, 5.74) is -2.57. The van der Waals surface area contributed by atoms with Crippen molar-refractivity contribution in [1.82, 2.24) is 0 Å². The average molecular weight is 248 g/mol. The molecular weight excluding hydrogens is 239 g/mol. The number of aliphatic carboxylic acids is 1. The molecule has 0 heterocycles. The number of sulfone groups is 1. The van der Waals surface area contributed by atoms with Gasteiger partial charge in [0.25, 0.3) is 0 Å². The first-order valence-electron chi connectivity index (χ1n) is 4.23. The van der Waals surface area contributed by atoms with Crippen molar-refractivity contribution in [2.24, 2.45) is 0 Å². The van der Waals surface area contributed by atoms with Gasteiger partial charge in [-0.3, -0.25) is 4.79 Å². The van der Waals surface area contributed by atoms with E-state index in [1.165, 1.54) is 12.1 Å². The molecule has 0 radical (unpaired) electrons. The van der Waals surface area contributed by atoms with Crippen LogP contribution in [0.1, 0.15) is 6.42 Å². The van der Waals surface area contributed by atoms with Crippen LogP contribution in [0.15, 0.2) is 29.2 Å². The number of benzene rings is 1. The van der Waals surface area contributed by atoms with Crippen molar-refractivity contribution in [1.29, 1.82) is 0 Å². The van der Waals surface area contributed by atoms with Crippen LogP contribution in [0.2, 0.25) is 0 Å². The Bertz CT molecular complexity index is 496. The van der Waals surface area contributed by atoms with Crippen LogP contribution in [0.3, 0.4) is 0 Å². The van der Waals surface area contributed by atoms with Gasteiger partial charge in [-0.25, -0.2) is 12.8 Å². The zero-order valence-corrected chi connectivity index (χ0v) is 8.82. The molecule has 0 spiro atoms. The second-order valence-corrected chi connectivity index (χ2v) is 5.06. The molecule has 0 fully saturated rings. The first-order valence-corrected chi connectivity index (χ1v) is 5.78. The maximum atomic E-state index is 13.2. The Kier molecular flexibility index (Phi) is 3.48. The van der Waals surface area contributed by atoms with E-state index in [4.69, 9.17) is 5.11 Å². The van der Waals surface area contributed by atoms with Gasteiger partial charge in [-0.2, -0.15) is 0 Å². The number of para-hydroxylation sites is 1. The lowest BCUT2D eigenvalue weighted by molar-refractivity contribution is -0.137. The van der Waals surface area contributed by atoms with Gasteiger partial charge in [0.05, 0.1) is 6.42 Å². The molecule has 0 saturated carbocycles. The lowest BCUT2D eigenvalue weighted by Gasteiger charge is -2.08. The lowest BCUT2D eigenvalue weighted by Crippen LogP contribution is -2.20. The molecular formula is C9H9FO5S. The molecule has 0 aliphatic heterocycles. The first-order chi connectivity index (χ1) is 7.35. The molecule has 1 rings (SSSR count). The molecule has 0 amide bonds. The summed E-state index contributed by atoms with van der Waals surface area (Å²) in [7, 11) is -4.46. The van der Waals surface area contributed by atoms with Crippen molar-refractivity contribution in [2.45, 2.75) is 16.8 Å². The van der Waals surface area contributed by atoms with E-state index in [9.17, 15) is 22.7 Å². The summed E-state index contributed by atoms with van der Waals surface area (Å²) in [5, 5.41) is 17.5. The SMILES string of the molecule is O=C(O)CC(F)S(=O)(=O)c1ccccc1O. The van der Waals surface area contributed by atoms with Gasteiger partial charge in [-0.15, -0.1) is 0 Å². The van der Waals surface area contributed by atoms with Gasteiger partial charge in [0, 0.05) is 0 Å². The van der Waals surface area contributed by atoms with Gasteiger partial charge >= 0.3 is 5.97 Å². The summed E-state index contributed by atoms with van der Waals surface area (Å²) in [6.07, 6.45) is -1.16. The second kappa shape index (κ2) is 4.48. The highest BCUT2D eigenvalue weighted by Gasteiger charge is 2.31. The highest BCUT2D eigenvalue weighted by molar-refractivity contribution is 7.92. The summed E-state index contributed by atoms with van der Waals surface area (Å²) in [4.78, 5) is 9.60. The predicted molar refractivity (Wildman–Crippen MR) is 52.4 cm³/mol. The third-order valence-corrected chi connectivity index (χ3v) is 3.64.